The molecule has 0 fully saturated rings. The average Bonchev–Trinajstić information content (AvgIpc) is 3.07. The highest BCUT2D eigenvalue weighted by atomic mass is 35.5. The van der Waals surface area contributed by atoms with E-state index in [0.717, 1.165) is 16.8 Å². The molecule has 1 amide bonds. The Bertz CT molecular complexity index is 1120. The molecule has 0 unspecified atom stereocenters. The van der Waals surface area contributed by atoms with Gasteiger partial charge < -0.3 is 9.73 Å². The Balaban J connectivity index is 1.42. The Morgan fingerprint density at radius 1 is 0.964 bits per heavy atom. The average molecular weight is 411 g/mol. The van der Waals surface area contributed by atoms with Crippen LogP contribution in [0.1, 0.15) is 17.0 Å². The monoisotopic (exact) mass is 410 g/mol. The van der Waals surface area contributed by atoms with E-state index in [9.17, 15) is 4.79 Å². The number of aromatic nitrogens is 1. The number of benzene rings is 3. The number of carbonyl (C=O) groups is 1. The lowest BCUT2D eigenvalue weighted by Crippen LogP contribution is -2.14. The molecule has 4 aromatic rings. The fraction of sp³-hybridized carbons (Fsp3) is 0.0909. The number of amides is 1. The minimum atomic E-state index is -0.0515. The van der Waals surface area contributed by atoms with Crippen LogP contribution in [0.4, 0.5) is 5.69 Å². The van der Waals surface area contributed by atoms with Crippen molar-refractivity contribution in [2.45, 2.75) is 12.8 Å². The van der Waals surface area contributed by atoms with Gasteiger partial charge in [0.05, 0.1) is 11.4 Å². The summed E-state index contributed by atoms with van der Waals surface area (Å²) < 4.78 is 5.75. The smallest absolute Gasteiger partial charge is 0.228 e. The number of nitrogens with one attached hydrogen (secondary N) is 1. The summed E-state index contributed by atoms with van der Waals surface area (Å²) in [6.07, 6.45) is 0.857. The summed E-state index contributed by atoms with van der Waals surface area (Å²) >= 11 is 12.2. The Hall–Kier alpha value is -2.82. The van der Waals surface area contributed by atoms with Crippen LogP contribution in [0.3, 0.4) is 0 Å². The molecule has 4 rings (SSSR count). The lowest BCUT2D eigenvalue weighted by atomic mass is 10.1. The molecule has 3 aromatic carbocycles. The molecular formula is C22H16Cl2N2O2. The molecule has 0 radical (unpaired) electrons. The van der Waals surface area contributed by atoms with E-state index in [1.54, 1.807) is 12.1 Å². The summed E-state index contributed by atoms with van der Waals surface area (Å²) in [5.41, 5.74) is 3.90. The predicted octanol–water partition coefficient (Wildman–Crippen LogP) is 5.91. The topological polar surface area (TPSA) is 55.1 Å². The molecule has 0 spiro atoms. The number of carbonyl (C=O) groups excluding carboxylic acids is 1. The molecule has 6 heteroatoms. The van der Waals surface area contributed by atoms with Gasteiger partial charge in [-0.2, -0.15) is 0 Å². The molecule has 0 bridgehead atoms. The van der Waals surface area contributed by atoms with Gasteiger partial charge >= 0.3 is 0 Å². The van der Waals surface area contributed by atoms with Crippen LogP contribution in [-0.2, 0) is 17.6 Å². The number of oxazole rings is 1. The third-order valence-corrected chi connectivity index (χ3v) is 4.75. The zero-order valence-electron chi connectivity index (χ0n) is 14.8. The number of nitrogens with zero attached hydrogens (tertiary/aromatic N) is 1. The standard InChI is InChI=1S/C22H16Cl2N2O2/c23-16-12-18(24)22-19(13-16)26-21(28-22)11-15-6-8-17(9-7-15)25-20(27)10-14-4-2-1-3-5-14/h1-9,12-13H,10-11H2,(H,25,27). The third-order valence-electron chi connectivity index (χ3n) is 4.25. The molecule has 0 saturated carbocycles. The van der Waals surface area contributed by atoms with E-state index in [4.69, 9.17) is 27.6 Å². The van der Waals surface area contributed by atoms with Crippen molar-refractivity contribution in [3.05, 3.63) is 93.8 Å². The number of rotatable bonds is 5. The Morgan fingerprint density at radius 3 is 2.46 bits per heavy atom. The Kier molecular flexibility index (Phi) is 5.33. The van der Waals surface area contributed by atoms with E-state index in [1.807, 2.05) is 54.6 Å². The molecule has 0 saturated heterocycles. The molecule has 0 atom stereocenters. The quantitative estimate of drug-likeness (QED) is 0.445. The van der Waals surface area contributed by atoms with Crippen molar-refractivity contribution in [1.82, 2.24) is 4.98 Å². The van der Waals surface area contributed by atoms with Gasteiger partial charge in [0, 0.05) is 17.1 Å². The maximum Gasteiger partial charge on any atom is 0.228 e. The van der Waals surface area contributed by atoms with Gasteiger partial charge in [-0.1, -0.05) is 65.7 Å². The van der Waals surface area contributed by atoms with Crippen LogP contribution in [0.2, 0.25) is 10.0 Å². The van der Waals surface area contributed by atoms with Gasteiger partial charge in [-0.3, -0.25) is 4.79 Å². The third kappa shape index (κ3) is 4.35. The summed E-state index contributed by atoms with van der Waals surface area (Å²) in [5, 5.41) is 3.87. The van der Waals surface area contributed by atoms with Crippen LogP contribution in [0.5, 0.6) is 0 Å². The van der Waals surface area contributed by atoms with Gasteiger partial charge in [0.25, 0.3) is 0 Å². The van der Waals surface area contributed by atoms with Crippen LogP contribution in [0.25, 0.3) is 11.1 Å². The minimum absolute atomic E-state index is 0.0515. The van der Waals surface area contributed by atoms with Gasteiger partial charge in [0.1, 0.15) is 5.52 Å². The van der Waals surface area contributed by atoms with E-state index in [-0.39, 0.29) is 5.91 Å². The van der Waals surface area contributed by atoms with E-state index in [1.165, 1.54) is 0 Å². The normalized spacial score (nSPS) is 10.9. The van der Waals surface area contributed by atoms with Crippen LogP contribution in [0.15, 0.2) is 71.1 Å². The summed E-state index contributed by atoms with van der Waals surface area (Å²) in [7, 11) is 0. The fourth-order valence-corrected chi connectivity index (χ4v) is 3.47. The Labute approximate surface area is 172 Å². The second-order valence-electron chi connectivity index (χ2n) is 6.43. The van der Waals surface area contributed by atoms with Crippen LogP contribution >= 0.6 is 23.2 Å². The van der Waals surface area contributed by atoms with Crippen molar-refractivity contribution < 1.29 is 9.21 Å². The van der Waals surface area contributed by atoms with Crippen LogP contribution < -0.4 is 5.32 Å². The first-order valence-electron chi connectivity index (χ1n) is 8.74. The number of hydrogen-bond acceptors (Lipinski definition) is 3. The van der Waals surface area contributed by atoms with Crippen LogP contribution in [-0.4, -0.2) is 10.9 Å². The highest BCUT2D eigenvalue weighted by Gasteiger charge is 2.11. The maximum atomic E-state index is 12.2. The summed E-state index contributed by atoms with van der Waals surface area (Å²) in [5.74, 6) is 0.504. The first kappa shape index (κ1) is 18.5. The van der Waals surface area contributed by atoms with Crippen molar-refractivity contribution in [3.8, 4) is 0 Å². The molecule has 1 aromatic heterocycles. The largest absolute Gasteiger partial charge is 0.439 e. The first-order chi connectivity index (χ1) is 13.6. The highest BCUT2D eigenvalue weighted by molar-refractivity contribution is 6.37. The lowest BCUT2D eigenvalue weighted by molar-refractivity contribution is -0.115. The molecule has 28 heavy (non-hydrogen) atoms. The van der Waals surface area contributed by atoms with E-state index < -0.39 is 0 Å². The van der Waals surface area contributed by atoms with E-state index in [0.29, 0.717) is 39.9 Å². The van der Waals surface area contributed by atoms with Crippen molar-refractivity contribution in [3.63, 3.8) is 0 Å². The number of hydrogen-bond donors (Lipinski definition) is 1. The molecule has 0 aliphatic rings. The summed E-state index contributed by atoms with van der Waals surface area (Å²) in [6, 6.07) is 20.6. The number of halogens is 2. The van der Waals surface area contributed by atoms with Gasteiger partial charge in [-0.05, 0) is 35.4 Å². The zero-order valence-corrected chi connectivity index (χ0v) is 16.3. The second-order valence-corrected chi connectivity index (χ2v) is 7.27. The van der Waals surface area contributed by atoms with E-state index >= 15 is 0 Å². The fourth-order valence-electron chi connectivity index (χ4n) is 2.95. The number of anilines is 1. The highest BCUT2D eigenvalue weighted by Crippen LogP contribution is 2.29. The second kappa shape index (κ2) is 8.05. The lowest BCUT2D eigenvalue weighted by Gasteiger charge is -2.06. The van der Waals surface area contributed by atoms with Crippen molar-refractivity contribution in [2.24, 2.45) is 0 Å². The van der Waals surface area contributed by atoms with Gasteiger partial charge in [0.15, 0.2) is 11.5 Å². The van der Waals surface area contributed by atoms with Gasteiger partial charge in [0.2, 0.25) is 5.91 Å². The first-order valence-corrected chi connectivity index (χ1v) is 9.49. The summed E-state index contributed by atoms with van der Waals surface area (Å²) in [4.78, 5) is 16.6. The molecular weight excluding hydrogens is 395 g/mol. The van der Waals surface area contributed by atoms with Crippen molar-refractivity contribution >= 4 is 45.9 Å². The SMILES string of the molecule is O=C(Cc1ccccc1)Nc1ccc(Cc2nc3cc(Cl)cc(Cl)c3o2)cc1. The van der Waals surface area contributed by atoms with Gasteiger partial charge in [-0.15, -0.1) is 0 Å². The maximum absolute atomic E-state index is 12.2. The molecule has 1 heterocycles. The molecule has 0 aliphatic heterocycles. The van der Waals surface area contributed by atoms with Crippen molar-refractivity contribution in [1.29, 1.82) is 0 Å². The zero-order chi connectivity index (χ0) is 19.5. The number of fused-ring (bicyclic) bond motifs is 1. The van der Waals surface area contributed by atoms with E-state index in [2.05, 4.69) is 10.3 Å². The Morgan fingerprint density at radius 2 is 1.71 bits per heavy atom. The summed E-state index contributed by atoms with van der Waals surface area (Å²) in [6.45, 7) is 0. The molecule has 4 nitrogen and oxygen atoms in total. The predicted molar refractivity (Wildman–Crippen MR) is 112 cm³/mol. The van der Waals surface area contributed by atoms with Crippen molar-refractivity contribution in [2.75, 3.05) is 5.32 Å². The molecule has 0 aliphatic carbocycles. The van der Waals surface area contributed by atoms with Gasteiger partial charge in [-0.25, -0.2) is 4.98 Å². The molecule has 140 valence electrons. The van der Waals surface area contributed by atoms with Crippen LogP contribution in [0, 0.1) is 0 Å². The minimum Gasteiger partial charge on any atom is -0.439 e. The molecule has 1 N–H and O–H groups in total.